The van der Waals surface area contributed by atoms with Gasteiger partial charge in [0.1, 0.15) is 18.1 Å². The van der Waals surface area contributed by atoms with Crippen molar-refractivity contribution < 1.29 is 34.2 Å². The van der Waals surface area contributed by atoms with E-state index in [9.17, 15) is 34.2 Å². The lowest BCUT2D eigenvalue weighted by molar-refractivity contribution is -0.143. The average molecular weight is 487 g/mol. The number of nitrogens with one attached hydrogen (secondary N) is 4. The molecule has 0 spiro atoms. The minimum atomic E-state index is -1.51. The van der Waals surface area contributed by atoms with E-state index in [2.05, 4.69) is 21.3 Å². The minimum Gasteiger partial charge on any atom is -0.481 e. The number of unbranched alkanes of at least 4 members (excludes halogenated alkanes) is 2. The van der Waals surface area contributed by atoms with E-state index in [1.54, 1.807) is 0 Å². The van der Waals surface area contributed by atoms with Gasteiger partial charge in [-0.15, -0.1) is 0 Å². The third-order valence-corrected chi connectivity index (χ3v) is 5.53. The molecule has 1 fully saturated rings. The van der Waals surface area contributed by atoms with Crippen molar-refractivity contribution >= 4 is 29.7 Å². The van der Waals surface area contributed by atoms with Crippen molar-refractivity contribution in [2.75, 3.05) is 19.6 Å². The van der Waals surface area contributed by atoms with E-state index < -0.39 is 54.3 Å². The lowest BCUT2D eigenvalue weighted by Gasteiger charge is -2.24. The highest BCUT2D eigenvalue weighted by Crippen LogP contribution is 2.08. The van der Waals surface area contributed by atoms with Crippen LogP contribution in [0, 0.1) is 0 Å². The molecule has 0 aromatic rings. The lowest BCUT2D eigenvalue weighted by Crippen LogP contribution is -2.57. The topological polar surface area (TPSA) is 226 Å². The Morgan fingerprint density at radius 1 is 0.824 bits per heavy atom. The quantitative estimate of drug-likeness (QED) is 0.106. The van der Waals surface area contributed by atoms with Crippen LogP contribution in [0.1, 0.15) is 57.8 Å². The van der Waals surface area contributed by atoms with Gasteiger partial charge in [0.05, 0.1) is 12.5 Å². The highest BCUT2D eigenvalue weighted by atomic mass is 16.4. The van der Waals surface area contributed by atoms with E-state index in [-0.39, 0.29) is 18.7 Å². The summed E-state index contributed by atoms with van der Waals surface area (Å²) in [7, 11) is 0. The molecular weight excluding hydrogens is 448 g/mol. The first-order valence-corrected chi connectivity index (χ1v) is 11.7. The zero-order valence-electron chi connectivity index (χ0n) is 19.4. The Morgan fingerprint density at radius 2 is 1.38 bits per heavy atom. The second-order valence-corrected chi connectivity index (χ2v) is 8.34. The molecule has 1 saturated heterocycles. The van der Waals surface area contributed by atoms with Crippen molar-refractivity contribution in [1.82, 2.24) is 21.3 Å². The number of aliphatic carboxylic acids is 2. The van der Waals surface area contributed by atoms with Gasteiger partial charge in [0.2, 0.25) is 17.7 Å². The smallest absolute Gasteiger partial charge is 0.326 e. The van der Waals surface area contributed by atoms with E-state index >= 15 is 0 Å². The molecule has 0 aromatic heterocycles. The van der Waals surface area contributed by atoms with Crippen molar-refractivity contribution in [3.63, 3.8) is 0 Å². The summed E-state index contributed by atoms with van der Waals surface area (Å²) in [5.41, 5.74) is 10.9. The molecule has 0 radical (unpaired) electrons. The predicted octanol–water partition coefficient (Wildman–Crippen LogP) is -1.99. The van der Waals surface area contributed by atoms with Gasteiger partial charge in [-0.05, 0) is 71.0 Å². The summed E-state index contributed by atoms with van der Waals surface area (Å²) in [5.74, 6) is -4.63. The van der Waals surface area contributed by atoms with E-state index in [0.717, 1.165) is 6.42 Å². The molecule has 4 unspecified atom stereocenters. The van der Waals surface area contributed by atoms with Crippen LogP contribution in [0.4, 0.5) is 0 Å². The number of hydrogen-bond acceptors (Lipinski definition) is 8. The van der Waals surface area contributed by atoms with Crippen LogP contribution >= 0.6 is 0 Å². The summed E-state index contributed by atoms with van der Waals surface area (Å²) in [6.07, 6.45) is 3.24. The van der Waals surface area contributed by atoms with Gasteiger partial charge in [-0.2, -0.15) is 0 Å². The Hall–Kier alpha value is -2.77. The van der Waals surface area contributed by atoms with Crippen LogP contribution < -0.4 is 32.7 Å². The number of carboxylic acid groups (broad SMARTS) is 2. The molecular formula is C21H38N6O7. The maximum atomic E-state index is 12.9. The molecule has 4 atom stereocenters. The van der Waals surface area contributed by atoms with Gasteiger partial charge in [-0.3, -0.25) is 19.2 Å². The minimum absolute atomic E-state index is 0.109. The maximum Gasteiger partial charge on any atom is 0.326 e. The van der Waals surface area contributed by atoms with Crippen LogP contribution in [0.2, 0.25) is 0 Å². The van der Waals surface area contributed by atoms with Crippen LogP contribution in [0.15, 0.2) is 0 Å². The van der Waals surface area contributed by atoms with Crippen molar-refractivity contribution in [3.8, 4) is 0 Å². The van der Waals surface area contributed by atoms with Crippen molar-refractivity contribution in [1.29, 1.82) is 0 Å². The first kappa shape index (κ1) is 29.3. The largest absolute Gasteiger partial charge is 0.481 e. The van der Waals surface area contributed by atoms with Gasteiger partial charge in [0, 0.05) is 0 Å². The molecule has 13 nitrogen and oxygen atoms in total. The highest BCUT2D eigenvalue weighted by molar-refractivity contribution is 5.95. The fraction of sp³-hybridized carbons (Fsp3) is 0.762. The molecule has 34 heavy (non-hydrogen) atoms. The SMILES string of the molecule is NCCCCC(NC(=O)C(CC(=O)O)NC(=O)C(CCCCN)NC(=O)C1CCCN1)C(=O)O. The van der Waals surface area contributed by atoms with E-state index in [0.29, 0.717) is 51.7 Å². The molecule has 1 aliphatic heterocycles. The van der Waals surface area contributed by atoms with Crippen LogP contribution in [-0.4, -0.2) is 83.7 Å². The van der Waals surface area contributed by atoms with Gasteiger partial charge in [0.15, 0.2) is 0 Å². The Balaban J connectivity index is 2.88. The van der Waals surface area contributed by atoms with Crippen molar-refractivity contribution in [2.45, 2.75) is 82.0 Å². The molecule has 1 aliphatic rings. The summed E-state index contributed by atoms with van der Waals surface area (Å²) in [4.78, 5) is 60.9. The number of carbonyl (C=O) groups is 5. The standard InChI is InChI=1S/C21H38N6O7/c22-9-3-1-6-14(25-18(30)13-8-5-11-24-13)19(31)27-16(12-17(28)29)20(32)26-15(21(33)34)7-2-4-10-23/h13-16,24H,1-12,22-23H2,(H,25,30)(H,26,32)(H,27,31)(H,28,29)(H,33,34). The molecule has 0 aromatic carbocycles. The zero-order valence-corrected chi connectivity index (χ0v) is 19.4. The number of amides is 3. The van der Waals surface area contributed by atoms with E-state index in [4.69, 9.17) is 11.5 Å². The van der Waals surface area contributed by atoms with Crippen LogP contribution in [0.25, 0.3) is 0 Å². The molecule has 1 rings (SSSR count). The molecule has 0 bridgehead atoms. The molecule has 13 heteroatoms. The summed E-state index contributed by atoms with van der Waals surface area (Å²) in [5, 5.41) is 28.9. The van der Waals surface area contributed by atoms with Gasteiger partial charge in [0.25, 0.3) is 0 Å². The van der Waals surface area contributed by atoms with Gasteiger partial charge >= 0.3 is 11.9 Å². The van der Waals surface area contributed by atoms with Gasteiger partial charge < -0.3 is 42.9 Å². The average Bonchev–Trinajstić information content (AvgIpc) is 3.32. The summed E-state index contributed by atoms with van der Waals surface area (Å²) >= 11 is 0. The van der Waals surface area contributed by atoms with Crippen LogP contribution in [0.3, 0.4) is 0 Å². The van der Waals surface area contributed by atoms with Crippen LogP contribution in [0.5, 0.6) is 0 Å². The number of nitrogens with two attached hydrogens (primary N) is 2. The molecule has 0 saturated carbocycles. The predicted molar refractivity (Wildman–Crippen MR) is 123 cm³/mol. The van der Waals surface area contributed by atoms with E-state index in [1.165, 1.54) is 0 Å². The normalized spacial score (nSPS) is 17.9. The third kappa shape index (κ3) is 10.9. The van der Waals surface area contributed by atoms with Crippen LogP contribution in [-0.2, 0) is 24.0 Å². The van der Waals surface area contributed by atoms with Crippen molar-refractivity contribution in [3.05, 3.63) is 0 Å². The second kappa shape index (κ2) is 16.0. The third-order valence-electron chi connectivity index (χ3n) is 5.53. The Bertz CT molecular complexity index is 699. The number of carboxylic acids is 2. The fourth-order valence-corrected chi connectivity index (χ4v) is 3.62. The van der Waals surface area contributed by atoms with Gasteiger partial charge in [-0.25, -0.2) is 4.79 Å². The number of carbonyl (C=O) groups excluding carboxylic acids is 3. The zero-order chi connectivity index (χ0) is 25.5. The monoisotopic (exact) mass is 486 g/mol. The molecule has 3 amide bonds. The first-order valence-electron chi connectivity index (χ1n) is 11.7. The Morgan fingerprint density at radius 3 is 1.88 bits per heavy atom. The molecule has 10 N–H and O–H groups in total. The second-order valence-electron chi connectivity index (χ2n) is 8.34. The summed E-state index contributed by atoms with van der Waals surface area (Å²) in [6.45, 7) is 1.46. The van der Waals surface area contributed by atoms with Crippen molar-refractivity contribution in [2.24, 2.45) is 11.5 Å². The maximum absolute atomic E-state index is 12.9. The van der Waals surface area contributed by atoms with Gasteiger partial charge in [-0.1, -0.05) is 0 Å². The highest BCUT2D eigenvalue weighted by Gasteiger charge is 2.32. The number of rotatable bonds is 17. The Labute approximate surface area is 198 Å². The molecule has 0 aliphatic carbocycles. The number of hydrogen-bond donors (Lipinski definition) is 8. The fourth-order valence-electron chi connectivity index (χ4n) is 3.62. The lowest BCUT2D eigenvalue weighted by atomic mass is 10.1. The summed E-state index contributed by atoms with van der Waals surface area (Å²) < 4.78 is 0. The van der Waals surface area contributed by atoms with E-state index in [1.807, 2.05) is 0 Å². The molecule has 194 valence electrons. The first-order chi connectivity index (χ1) is 16.2. The Kier molecular flexibility index (Phi) is 13.7. The molecule has 1 heterocycles. The summed E-state index contributed by atoms with van der Waals surface area (Å²) in [6, 6.07) is -4.18.